The van der Waals surface area contributed by atoms with E-state index in [1.165, 1.54) is 6.92 Å². The van der Waals surface area contributed by atoms with E-state index in [9.17, 15) is 9.59 Å². The Balaban J connectivity index is 2.04. The van der Waals surface area contributed by atoms with Crippen molar-refractivity contribution in [3.63, 3.8) is 0 Å². The summed E-state index contributed by atoms with van der Waals surface area (Å²) in [7, 11) is 0. The molecule has 0 fully saturated rings. The summed E-state index contributed by atoms with van der Waals surface area (Å²) >= 11 is 0. The first-order valence-corrected chi connectivity index (χ1v) is 8.03. The van der Waals surface area contributed by atoms with Gasteiger partial charge in [0.15, 0.2) is 0 Å². The lowest BCUT2D eigenvalue weighted by Gasteiger charge is -2.21. The highest BCUT2D eigenvalue weighted by Crippen LogP contribution is 2.16. The van der Waals surface area contributed by atoms with Gasteiger partial charge >= 0.3 is 0 Å². The van der Waals surface area contributed by atoms with Gasteiger partial charge < -0.3 is 10.2 Å². The lowest BCUT2D eigenvalue weighted by atomic mass is 10.1. The molecular formula is C20H24N2O2. The van der Waals surface area contributed by atoms with Crippen LogP contribution < -0.4 is 5.32 Å². The molecule has 0 aromatic heterocycles. The summed E-state index contributed by atoms with van der Waals surface area (Å²) in [6.07, 6.45) is 0. The molecule has 4 nitrogen and oxygen atoms in total. The van der Waals surface area contributed by atoms with Crippen LogP contribution in [0.3, 0.4) is 0 Å². The minimum atomic E-state index is -0.190. The molecule has 0 heterocycles. The standard InChI is InChI=1S/C20H24N2O2/c1-14-6-5-7-18(11-14)12-22(17(4)23)13-20(24)21-19-9-8-15(2)10-16(19)3/h5-11H,12-13H2,1-4H3,(H,21,24). The zero-order valence-electron chi connectivity index (χ0n) is 14.7. The molecule has 0 radical (unpaired) electrons. The Morgan fingerprint density at radius 2 is 1.71 bits per heavy atom. The first-order valence-electron chi connectivity index (χ1n) is 8.03. The summed E-state index contributed by atoms with van der Waals surface area (Å²) in [6, 6.07) is 13.8. The van der Waals surface area contributed by atoms with E-state index in [0.29, 0.717) is 6.54 Å². The SMILES string of the molecule is CC(=O)N(CC(=O)Nc1ccc(C)cc1C)Cc1cccc(C)c1. The van der Waals surface area contributed by atoms with E-state index >= 15 is 0 Å². The van der Waals surface area contributed by atoms with Crippen LogP contribution in [0.4, 0.5) is 5.69 Å². The van der Waals surface area contributed by atoms with Crippen molar-refractivity contribution < 1.29 is 9.59 Å². The largest absolute Gasteiger partial charge is 0.329 e. The van der Waals surface area contributed by atoms with E-state index in [1.807, 2.05) is 63.2 Å². The van der Waals surface area contributed by atoms with Crippen molar-refractivity contribution in [2.45, 2.75) is 34.2 Å². The van der Waals surface area contributed by atoms with Crippen molar-refractivity contribution in [1.29, 1.82) is 0 Å². The summed E-state index contributed by atoms with van der Waals surface area (Å²) in [5, 5.41) is 2.89. The Labute approximate surface area is 143 Å². The molecule has 0 aliphatic carbocycles. The van der Waals surface area contributed by atoms with Crippen LogP contribution in [0.5, 0.6) is 0 Å². The molecule has 0 spiro atoms. The smallest absolute Gasteiger partial charge is 0.244 e. The molecule has 24 heavy (non-hydrogen) atoms. The van der Waals surface area contributed by atoms with Crippen molar-refractivity contribution in [2.24, 2.45) is 0 Å². The Morgan fingerprint density at radius 3 is 2.33 bits per heavy atom. The number of hydrogen-bond acceptors (Lipinski definition) is 2. The van der Waals surface area contributed by atoms with Gasteiger partial charge in [-0.1, -0.05) is 47.5 Å². The molecule has 0 unspecified atom stereocenters. The van der Waals surface area contributed by atoms with Gasteiger partial charge in [0.05, 0.1) is 0 Å². The molecule has 0 saturated carbocycles. The van der Waals surface area contributed by atoms with Gasteiger partial charge in [-0.2, -0.15) is 0 Å². The maximum Gasteiger partial charge on any atom is 0.244 e. The lowest BCUT2D eigenvalue weighted by Crippen LogP contribution is -2.36. The number of benzene rings is 2. The number of hydrogen-bond donors (Lipinski definition) is 1. The topological polar surface area (TPSA) is 49.4 Å². The summed E-state index contributed by atoms with van der Waals surface area (Å²) in [5.41, 5.74) is 5.09. The zero-order chi connectivity index (χ0) is 17.7. The van der Waals surface area contributed by atoms with E-state index in [2.05, 4.69) is 5.32 Å². The second kappa shape index (κ2) is 7.77. The minimum Gasteiger partial charge on any atom is -0.329 e. The summed E-state index contributed by atoms with van der Waals surface area (Å²) < 4.78 is 0. The van der Waals surface area contributed by atoms with Gasteiger partial charge in [0.25, 0.3) is 0 Å². The van der Waals surface area contributed by atoms with Gasteiger partial charge in [0, 0.05) is 19.2 Å². The van der Waals surface area contributed by atoms with Gasteiger partial charge in [-0.15, -0.1) is 0 Å². The number of aryl methyl sites for hydroxylation is 3. The van der Waals surface area contributed by atoms with Gasteiger partial charge in [0.2, 0.25) is 11.8 Å². The van der Waals surface area contributed by atoms with Crippen molar-refractivity contribution in [1.82, 2.24) is 4.90 Å². The van der Waals surface area contributed by atoms with Crippen LogP contribution in [0, 0.1) is 20.8 Å². The van der Waals surface area contributed by atoms with Crippen LogP contribution in [0.15, 0.2) is 42.5 Å². The monoisotopic (exact) mass is 324 g/mol. The predicted molar refractivity (Wildman–Crippen MR) is 96.8 cm³/mol. The molecule has 4 heteroatoms. The molecule has 0 atom stereocenters. The van der Waals surface area contributed by atoms with E-state index in [0.717, 1.165) is 27.9 Å². The van der Waals surface area contributed by atoms with Gasteiger partial charge in [-0.3, -0.25) is 9.59 Å². The summed E-state index contributed by atoms with van der Waals surface area (Å²) in [5.74, 6) is -0.308. The van der Waals surface area contributed by atoms with Crippen LogP contribution in [0.25, 0.3) is 0 Å². The van der Waals surface area contributed by atoms with Crippen molar-refractivity contribution in [3.05, 3.63) is 64.7 Å². The van der Waals surface area contributed by atoms with Crippen LogP contribution in [0.1, 0.15) is 29.2 Å². The molecule has 2 rings (SSSR count). The third-order valence-corrected chi connectivity index (χ3v) is 3.89. The van der Waals surface area contributed by atoms with Crippen LogP contribution in [-0.4, -0.2) is 23.3 Å². The van der Waals surface area contributed by atoms with Crippen LogP contribution >= 0.6 is 0 Å². The number of rotatable bonds is 5. The molecule has 2 aromatic carbocycles. The number of carbonyl (C=O) groups is 2. The van der Waals surface area contributed by atoms with E-state index in [-0.39, 0.29) is 18.4 Å². The number of anilines is 1. The first-order chi connectivity index (χ1) is 11.3. The first kappa shape index (κ1) is 17.7. The Hall–Kier alpha value is -2.62. The average molecular weight is 324 g/mol. The highest BCUT2D eigenvalue weighted by Gasteiger charge is 2.15. The van der Waals surface area contributed by atoms with E-state index < -0.39 is 0 Å². The molecule has 1 N–H and O–H groups in total. The Bertz CT molecular complexity index is 753. The molecule has 2 aromatic rings. The molecular weight excluding hydrogens is 300 g/mol. The second-order valence-corrected chi connectivity index (χ2v) is 6.23. The maximum absolute atomic E-state index is 12.3. The fourth-order valence-corrected chi connectivity index (χ4v) is 2.63. The van der Waals surface area contributed by atoms with E-state index in [4.69, 9.17) is 0 Å². The average Bonchev–Trinajstić information content (AvgIpc) is 2.49. The molecule has 0 aliphatic rings. The number of amides is 2. The fraction of sp³-hybridized carbons (Fsp3) is 0.300. The van der Waals surface area contributed by atoms with Crippen molar-refractivity contribution >= 4 is 17.5 Å². The van der Waals surface area contributed by atoms with E-state index in [1.54, 1.807) is 4.90 Å². The Kier molecular flexibility index (Phi) is 5.74. The molecule has 2 amide bonds. The molecule has 126 valence electrons. The third-order valence-electron chi connectivity index (χ3n) is 3.89. The normalized spacial score (nSPS) is 10.3. The number of nitrogens with one attached hydrogen (secondary N) is 1. The fourth-order valence-electron chi connectivity index (χ4n) is 2.63. The van der Waals surface area contributed by atoms with Crippen LogP contribution in [-0.2, 0) is 16.1 Å². The molecule has 0 aliphatic heterocycles. The minimum absolute atomic E-state index is 0.0383. The van der Waals surface area contributed by atoms with Gasteiger partial charge in [-0.05, 0) is 38.0 Å². The maximum atomic E-state index is 12.3. The molecule has 0 bridgehead atoms. The third kappa shape index (κ3) is 4.95. The van der Waals surface area contributed by atoms with Crippen molar-refractivity contribution in [2.75, 3.05) is 11.9 Å². The highest BCUT2D eigenvalue weighted by molar-refractivity contribution is 5.94. The Morgan fingerprint density at radius 1 is 1.00 bits per heavy atom. The highest BCUT2D eigenvalue weighted by atomic mass is 16.2. The van der Waals surface area contributed by atoms with Crippen LogP contribution in [0.2, 0.25) is 0 Å². The predicted octanol–water partition coefficient (Wildman–Crippen LogP) is 3.60. The van der Waals surface area contributed by atoms with Gasteiger partial charge in [-0.25, -0.2) is 0 Å². The van der Waals surface area contributed by atoms with Gasteiger partial charge in [0.1, 0.15) is 6.54 Å². The number of nitrogens with zero attached hydrogens (tertiary/aromatic N) is 1. The summed E-state index contributed by atoms with van der Waals surface area (Å²) in [6.45, 7) is 7.93. The molecule has 0 saturated heterocycles. The number of carbonyl (C=O) groups excluding carboxylic acids is 2. The van der Waals surface area contributed by atoms with Crippen molar-refractivity contribution in [3.8, 4) is 0 Å². The quantitative estimate of drug-likeness (QED) is 0.913. The summed E-state index contributed by atoms with van der Waals surface area (Å²) in [4.78, 5) is 25.7. The zero-order valence-corrected chi connectivity index (χ0v) is 14.7. The second-order valence-electron chi connectivity index (χ2n) is 6.23. The lowest BCUT2D eigenvalue weighted by molar-refractivity contribution is -0.133.